The Hall–Kier alpha value is -6.06. The number of aliphatic hydroxyl groups is 3. The fourth-order valence-electron chi connectivity index (χ4n) is 8.50. The van der Waals surface area contributed by atoms with E-state index < -0.39 is 164 Å². The number of ether oxygens (including phenoxy) is 1. The molecule has 406 valence electrons. The summed E-state index contributed by atoms with van der Waals surface area (Å²) in [5.41, 5.74) is 6.26. The maximum atomic E-state index is 14.6. The first kappa shape index (κ1) is 59.5. The van der Waals surface area contributed by atoms with Crippen LogP contribution in [0.25, 0.3) is 10.9 Å². The van der Waals surface area contributed by atoms with Gasteiger partial charge >= 0.3 is 0 Å². The number of carbonyl (C=O) groups is 9. The SMILES string of the molecule is CC[C@H](C)C1NC(=O)CNC(=O)[C@H](Cc2c([S@@+](C)[O-])[nH]c3cc(OCCCCCCNC)ccc23)NC(=O)C([C@@H](C)[C@@H](O)CO)NC(=O)[C@@H]2C[C@@H](O)CN2C(=O)[C@H](CC(N)=O)NC(=O)[C@H](C)NC(=O)CNC1=O. The number of nitrogens with two attached hydrogens (primary N) is 1. The number of nitrogens with zero attached hydrogens (tertiary/aromatic N) is 1. The molecule has 9 amide bonds. The van der Waals surface area contributed by atoms with Crippen molar-refractivity contribution in [1.29, 1.82) is 0 Å². The summed E-state index contributed by atoms with van der Waals surface area (Å²) in [5.74, 6) is -9.93. The first-order valence-electron chi connectivity index (χ1n) is 24.5. The van der Waals surface area contributed by atoms with Gasteiger partial charge in [0.2, 0.25) is 58.2 Å². The van der Waals surface area contributed by atoms with Gasteiger partial charge in [0.05, 0.1) is 50.4 Å². The number of aliphatic hydroxyl groups excluding tert-OH is 3. The molecule has 2 aromatic rings. The number of hydrogen-bond acceptors (Lipinski definition) is 15. The molecule has 73 heavy (non-hydrogen) atoms. The Kier molecular flexibility index (Phi) is 23.2. The van der Waals surface area contributed by atoms with Crippen molar-refractivity contribution in [2.45, 2.75) is 133 Å². The number of H-pyrrole nitrogens is 1. The Morgan fingerprint density at radius 3 is 2.19 bits per heavy atom. The van der Waals surface area contributed by atoms with Crippen molar-refractivity contribution in [3.63, 3.8) is 0 Å². The monoisotopic (exact) mass is 1050 g/mol. The molecule has 2 unspecified atom stereocenters. The van der Waals surface area contributed by atoms with Crippen molar-refractivity contribution in [2.75, 3.05) is 52.7 Å². The molecule has 0 saturated carbocycles. The van der Waals surface area contributed by atoms with Crippen molar-refractivity contribution >= 4 is 75.2 Å². The average Bonchev–Trinajstić information content (AvgIpc) is 3.93. The van der Waals surface area contributed by atoms with Crippen LogP contribution in [0.3, 0.4) is 0 Å². The molecule has 14 N–H and O–H groups in total. The summed E-state index contributed by atoms with van der Waals surface area (Å²) in [4.78, 5) is 127. The van der Waals surface area contributed by atoms with Crippen molar-refractivity contribution in [1.82, 2.24) is 52.4 Å². The molecule has 2 saturated heterocycles. The predicted molar refractivity (Wildman–Crippen MR) is 265 cm³/mol. The molecule has 1 aromatic heterocycles. The second-order valence-electron chi connectivity index (χ2n) is 18.6. The van der Waals surface area contributed by atoms with Crippen LogP contribution in [0.4, 0.5) is 0 Å². The van der Waals surface area contributed by atoms with Crippen LogP contribution in [0.1, 0.15) is 78.2 Å². The lowest BCUT2D eigenvalue weighted by atomic mass is 9.93. The van der Waals surface area contributed by atoms with Crippen LogP contribution in [-0.4, -0.2) is 184 Å². The van der Waals surface area contributed by atoms with Crippen molar-refractivity contribution in [3.05, 3.63) is 23.8 Å². The zero-order valence-corrected chi connectivity index (χ0v) is 43.0. The Labute approximate surface area is 426 Å². The number of amides is 9. The number of fused-ring (bicyclic) bond motifs is 2. The van der Waals surface area contributed by atoms with Gasteiger partial charge in [-0.1, -0.05) is 40.0 Å². The lowest BCUT2D eigenvalue weighted by Gasteiger charge is -2.32. The standard InChI is InChI=1S/C47H73N11O14S/c1-7-24(2)39-44(68)51-20-37(63)52-26(4)41(65)54-33(19-36(48)62)47(70)58-22-27(60)16-34(58)43(67)57-40(25(3)35(61)23-59)45(69)53-32(42(66)50-21-38(64)56-39)18-30-29-13-12-28(17-31(29)55-46(30)73(6)71)72-15-11-9-8-10-14-49-5/h12-13,17,24-27,32-35,39-40,49,55,59-61H,7-11,14-16,18-23H2,1-6H3,(H2,48,62)(H,50,66)(H,51,68)(H,52,63)(H,53,69)(H,54,65)(H,56,64)(H,57,67)/t24-,25-,26-,27+,32-,33-,34-,35-,39?,40?,73+/m0/s1. The topological polar surface area (TPSA) is 388 Å². The first-order valence-corrected chi connectivity index (χ1v) is 26.0. The predicted octanol–water partition coefficient (Wildman–Crippen LogP) is -3.83. The third kappa shape index (κ3) is 17.0. The van der Waals surface area contributed by atoms with Crippen molar-refractivity contribution in [2.24, 2.45) is 17.6 Å². The van der Waals surface area contributed by atoms with Gasteiger partial charge in [-0.15, -0.1) is 0 Å². The molecule has 4 rings (SSSR count). The summed E-state index contributed by atoms with van der Waals surface area (Å²) in [7, 11) is 1.90. The van der Waals surface area contributed by atoms with E-state index >= 15 is 0 Å². The number of carbonyl (C=O) groups excluding carboxylic acids is 9. The zero-order valence-electron chi connectivity index (χ0n) is 42.2. The number of primary amides is 1. The molecule has 2 aliphatic rings. The minimum atomic E-state index is -1.78. The van der Waals surface area contributed by atoms with Gasteiger partial charge in [0.25, 0.3) is 0 Å². The first-order chi connectivity index (χ1) is 34.6. The minimum absolute atomic E-state index is 0.191. The Balaban J connectivity index is 1.78. The maximum Gasteiger partial charge on any atom is 0.246 e. The number of hydrogen-bond donors (Lipinski definition) is 13. The number of rotatable bonds is 18. The smallest absolute Gasteiger partial charge is 0.246 e. The van der Waals surface area contributed by atoms with Crippen molar-refractivity contribution in [3.8, 4) is 5.75 Å². The highest BCUT2D eigenvalue weighted by molar-refractivity contribution is 7.90. The van der Waals surface area contributed by atoms with Crippen molar-refractivity contribution < 1.29 is 67.8 Å². The minimum Gasteiger partial charge on any atom is -0.610 e. The summed E-state index contributed by atoms with van der Waals surface area (Å²) in [6.45, 7) is 4.56. The molecule has 1 aromatic carbocycles. The van der Waals surface area contributed by atoms with E-state index in [1.807, 2.05) is 7.05 Å². The molecule has 0 radical (unpaired) electrons. The molecule has 0 aliphatic carbocycles. The molecule has 2 aliphatic heterocycles. The van der Waals surface area contributed by atoms with Crippen LogP contribution in [0, 0.1) is 11.8 Å². The highest BCUT2D eigenvalue weighted by Crippen LogP contribution is 2.31. The fourth-order valence-corrected chi connectivity index (χ4v) is 9.29. The van der Waals surface area contributed by atoms with E-state index in [0.29, 0.717) is 35.2 Å². The molecule has 0 spiro atoms. The van der Waals surface area contributed by atoms with E-state index in [0.717, 1.165) is 37.1 Å². The molecule has 2 fully saturated rings. The number of nitrogens with one attached hydrogen (secondary N) is 9. The third-order valence-electron chi connectivity index (χ3n) is 13.0. The molecule has 0 bridgehead atoms. The van der Waals surface area contributed by atoms with Gasteiger partial charge in [-0.25, -0.2) is 0 Å². The maximum absolute atomic E-state index is 14.6. The summed E-state index contributed by atoms with van der Waals surface area (Å²) in [5, 5.41) is 52.7. The normalized spacial score (nSPS) is 25.1. The lowest BCUT2D eigenvalue weighted by Crippen LogP contribution is -2.61. The van der Waals surface area contributed by atoms with Gasteiger partial charge in [0.1, 0.15) is 48.3 Å². The molecule has 25 nitrogen and oxygen atoms in total. The molecule has 26 heteroatoms. The van der Waals surface area contributed by atoms with Gasteiger partial charge in [-0.2, -0.15) is 0 Å². The fraction of sp³-hybridized carbons (Fsp3) is 0.638. The van der Waals surface area contributed by atoms with E-state index in [1.165, 1.54) is 20.1 Å². The summed E-state index contributed by atoms with van der Waals surface area (Å²) in [6.07, 6.45) is 1.08. The zero-order chi connectivity index (χ0) is 54.1. The van der Waals surface area contributed by atoms with E-state index in [2.05, 4.69) is 47.5 Å². The van der Waals surface area contributed by atoms with Crippen LogP contribution in [-0.2, 0) is 60.7 Å². The summed E-state index contributed by atoms with van der Waals surface area (Å²) in [6, 6.07) is -4.18. The number of unbranched alkanes of at least 4 members (excludes halogenated alkanes) is 3. The average molecular weight is 1050 g/mol. The van der Waals surface area contributed by atoms with E-state index in [4.69, 9.17) is 10.5 Å². The van der Waals surface area contributed by atoms with Crippen LogP contribution in [0.2, 0.25) is 0 Å². The van der Waals surface area contributed by atoms with Gasteiger partial charge in [0.15, 0.2) is 0 Å². The lowest BCUT2D eigenvalue weighted by molar-refractivity contribution is -0.144. The number of aromatic nitrogens is 1. The number of aromatic amines is 1. The molecular formula is C47H73N11O14S. The van der Waals surface area contributed by atoms with Crippen LogP contribution in [0.15, 0.2) is 23.2 Å². The van der Waals surface area contributed by atoms with Crippen LogP contribution >= 0.6 is 0 Å². The quantitative estimate of drug-likeness (QED) is 0.0503. The van der Waals surface area contributed by atoms with Gasteiger partial charge in [0, 0.05) is 53.5 Å². The van der Waals surface area contributed by atoms with Crippen LogP contribution in [0.5, 0.6) is 5.75 Å². The van der Waals surface area contributed by atoms with Crippen LogP contribution < -0.4 is 53.0 Å². The van der Waals surface area contributed by atoms with Gasteiger partial charge in [-0.3, -0.25) is 43.2 Å². The molecular weight excluding hydrogens is 975 g/mol. The highest BCUT2D eigenvalue weighted by atomic mass is 32.2. The largest absolute Gasteiger partial charge is 0.610 e. The summed E-state index contributed by atoms with van der Waals surface area (Å²) < 4.78 is 19.3. The van der Waals surface area contributed by atoms with Gasteiger partial charge < -0.3 is 82.8 Å². The second kappa shape index (κ2) is 28.4. The van der Waals surface area contributed by atoms with Gasteiger partial charge in [-0.05, 0) is 51.4 Å². The Morgan fingerprint density at radius 2 is 1.55 bits per heavy atom. The summed E-state index contributed by atoms with van der Waals surface area (Å²) >= 11 is -1.71. The number of benzene rings is 1. The second-order valence-corrected chi connectivity index (χ2v) is 19.9. The third-order valence-corrected chi connectivity index (χ3v) is 13.9. The van der Waals surface area contributed by atoms with E-state index in [1.54, 1.807) is 32.0 Å². The highest BCUT2D eigenvalue weighted by Gasteiger charge is 2.44. The Bertz CT molecular complexity index is 2280. The van der Waals surface area contributed by atoms with E-state index in [-0.39, 0.29) is 11.4 Å². The molecule has 3 heterocycles. The van der Waals surface area contributed by atoms with E-state index in [9.17, 15) is 63.0 Å². The Morgan fingerprint density at radius 1 is 0.890 bits per heavy atom. The molecule has 11 atom stereocenters.